The number of aromatic nitrogens is 2. The lowest BCUT2D eigenvalue weighted by molar-refractivity contribution is -0.123. The normalized spacial score (nSPS) is 10.9. The molecule has 0 radical (unpaired) electrons. The molecule has 0 aliphatic carbocycles. The van der Waals surface area contributed by atoms with Crippen LogP contribution < -0.4 is 10.2 Å². The van der Waals surface area contributed by atoms with Gasteiger partial charge in [-0.2, -0.15) is 10.2 Å². The van der Waals surface area contributed by atoms with Crippen LogP contribution in [0, 0.1) is 0 Å². The summed E-state index contributed by atoms with van der Waals surface area (Å²) in [5.74, 6) is 0.216. The number of carbonyl (C=O) groups excluding carboxylic acids is 1. The van der Waals surface area contributed by atoms with Crippen LogP contribution in [0.5, 0.6) is 5.75 Å². The second-order valence-electron chi connectivity index (χ2n) is 6.59. The van der Waals surface area contributed by atoms with Crippen LogP contribution in [0.2, 0.25) is 5.02 Å². The van der Waals surface area contributed by atoms with Crippen LogP contribution in [0.4, 0.5) is 0 Å². The number of nitrogens with zero attached hydrogens (tertiary/aromatic N) is 3. The predicted molar refractivity (Wildman–Crippen MR) is 122 cm³/mol. The van der Waals surface area contributed by atoms with Crippen molar-refractivity contribution in [1.82, 2.24) is 15.2 Å². The predicted octanol–water partition coefficient (Wildman–Crippen LogP) is 4.72. The van der Waals surface area contributed by atoms with Gasteiger partial charge < -0.3 is 4.74 Å². The van der Waals surface area contributed by atoms with Gasteiger partial charge in [0.2, 0.25) is 0 Å². The van der Waals surface area contributed by atoms with E-state index in [1.807, 2.05) is 65.3 Å². The van der Waals surface area contributed by atoms with Crippen LogP contribution in [0.25, 0.3) is 16.9 Å². The Hall–Kier alpha value is -3.90. The molecule has 3 aromatic carbocycles. The van der Waals surface area contributed by atoms with Gasteiger partial charge in [-0.25, -0.2) is 10.1 Å². The molecule has 0 bridgehead atoms. The third-order valence-corrected chi connectivity index (χ3v) is 4.69. The molecule has 0 fully saturated rings. The van der Waals surface area contributed by atoms with Crippen LogP contribution in [-0.2, 0) is 4.79 Å². The van der Waals surface area contributed by atoms with Gasteiger partial charge in [-0.05, 0) is 48.0 Å². The minimum absolute atomic E-state index is 0.172. The van der Waals surface area contributed by atoms with E-state index in [0.717, 1.165) is 22.5 Å². The summed E-state index contributed by atoms with van der Waals surface area (Å²) < 4.78 is 7.62. The molecule has 154 valence electrons. The molecule has 1 N–H and O–H groups in total. The van der Waals surface area contributed by atoms with Gasteiger partial charge in [-0.1, -0.05) is 54.1 Å². The van der Waals surface area contributed by atoms with Crippen molar-refractivity contribution in [1.29, 1.82) is 0 Å². The van der Waals surface area contributed by atoms with E-state index in [4.69, 9.17) is 16.3 Å². The fourth-order valence-electron chi connectivity index (χ4n) is 2.99. The molecule has 0 saturated heterocycles. The zero-order valence-electron chi connectivity index (χ0n) is 16.5. The lowest BCUT2D eigenvalue weighted by Crippen LogP contribution is -2.24. The molecule has 6 nitrogen and oxygen atoms in total. The first-order chi connectivity index (χ1) is 15.2. The Kier molecular flexibility index (Phi) is 6.40. The van der Waals surface area contributed by atoms with Crippen molar-refractivity contribution in [2.45, 2.75) is 0 Å². The smallest absolute Gasteiger partial charge is 0.277 e. The highest BCUT2D eigenvalue weighted by Crippen LogP contribution is 2.31. The number of halogens is 1. The van der Waals surface area contributed by atoms with Gasteiger partial charge >= 0.3 is 0 Å². The zero-order valence-corrected chi connectivity index (χ0v) is 17.2. The van der Waals surface area contributed by atoms with Gasteiger partial charge in [0.25, 0.3) is 5.91 Å². The van der Waals surface area contributed by atoms with Crippen LogP contribution in [0.1, 0.15) is 5.56 Å². The first-order valence-electron chi connectivity index (χ1n) is 9.60. The molecule has 31 heavy (non-hydrogen) atoms. The molecular weight excluding hydrogens is 412 g/mol. The van der Waals surface area contributed by atoms with E-state index in [1.54, 1.807) is 36.7 Å². The summed E-state index contributed by atoms with van der Waals surface area (Å²) >= 11 is 5.85. The lowest BCUT2D eigenvalue weighted by Gasteiger charge is -2.12. The molecule has 0 aliphatic rings. The van der Waals surface area contributed by atoms with Crippen molar-refractivity contribution in [3.63, 3.8) is 0 Å². The van der Waals surface area contributed by atoms with Gasteiger partial charge in [-0.15, -0.1) is 0 Å². The second-order valence-corrected chi connectivity index (χ2v) is 7.03. The van der Waals surface area contributed by atoms with E-state index < -0.39 is 0 Å². The Balaban J connectivity index is 1.44. The van der Waals surface area contributed by atoms with Crippen molar-refractivity contribution >= 4 is 23.7 Å². The largest absolute Gasteiger partial charge is 0.483 e. The van der Waals surface area contributed by atoms with E-state index in [0.29, 0.717) is 10.8 Å². The number of hydrogen-bond acceptors (Lipinski definition) is 4. The van der Waals surface area contributed by atoms with Gasteiger partial charge in [-0.3, -0.25) is 4.79 Å². The van der Waals surface area contributed by atoms with Gasteiger partial charge in [0.1, 0.15) is 5.75 Å². The summed E-state index contributed by atoms with van der Waals surface area (Å²) in [6.45, 7) is -0.172. The monoisotopic (exact) mass is 430 g/mol. The highest BCUT2D eigenvalue weighted by atomic mass is 35.5. The molecule has 0 unspecified atom stereocenters. The Bertz CT molecular complexity index is 1190. The van der Waals surface area contributed by atoms with Crippen molar-refractivity contribution in [2.75, 3.05) is 6.61 Å². The van der Waals surface area contributed by atoms with Crippen molar-refractivity contribution < 1.29 is 9.53 Å². The molecule has 0 atom stereocenters. The summed E-state index contributed by atoms with van der Waals surface area (Å²) in [7, 11) is 0. The van der Waals surface area contributed by atoms with Crippen LogP contribution in [0.3, 0.4) is 0 Å². The fourth-order valence-corrected chi connectivity index (χ4v) is 3.12. The highest BCUT2D eigenvalue weighted by Gasteiger charge is 2.13. The molecule has 7 heteroatoms. The van der Waals surface area contributed by atoms with E-state index in [-0.39, 0.29) is 12.5 Å². The zero-order chi connectivity index (χ0) is 21.5. The van der Waals surface area contributed by atoms with Gasteiger partial charge in [0.15, 0.2) is 6.61 Å². The van der Waals surface area contributed by atoms with E-state index in [9.17, 15) is 4.79 Å². The molecule has 0 spiro atoms. The SMILES string of the molecule is O=C(COc1ccccc1-c1ccnn1-c1ccccc1)N/N=C/c1ccc(Cl)cc1. The number of benzene rings is 3. The maximum Gasteiger partial charge on any atom is 0.277 e. The average Bonchev–Trinajstić information content (AvgIpc) is 3.30. The van der Waals surface area contributed by atoms with E-state index in [1.165, 1.54) is 0 Å². The molecule has 1 amide bonds. The first-order valence-corrected chi connectivity index (χ1v) is 9.97. The molecule has 4 rings (SSSR count). The Morgan fingerprint density at radius 3 is 2.55 bits per heavy atom. The minimum Gasteiger partial charge on any atom is -0.483 e. The maximum absolute atomic E-state index is 12.2. The highest BCUT2D eigenvalue weighted by molar-refractivity contribution is 6.30. The van der Waals surface area contributed by atoms with Gasteiger partial charge in [0, 0.05) is 10.6 Å². The average molecular weight is 431 g/mol. The third kappa shape index (κ3) is 5.18. The number of nitrogens with one attached hydrogen (secondary N) is 1. The quantitative estimate of drug-likeness (QED) is 0.340. The minimum atomic E-state index is -0.364. The summed E-state index contributed by atoms with van der Waals surface area (Å²) in [5, 5.41) is 9.02. The summed E-state index contributed by atoms with van der Waals surface area (Å²) in [6.07, 6.45) is 3.28. The van der Waals surface area contributed by atoms with Crippen molar-refractivity contribution in [2.24, 2.45) is 5.10 Å². The van der Waals surface area contributed by atoms with E-state index in [2.05, 4.69) is 15.6 Å². The molecular formula is C24H19ClN4O2. The Morgan fingerprint density at radius 1 is 1.00 bits per heavy atom. The summed E-state index contributed by atoms with van der Waals surface area (Å²) in [6, 6.07) is 26.4. The van der Waals surface area contributed by atoms with Crippen LogP contribution in [0.15, 0.2) is 96.2 Å². The molecule has 0 aliphatic heterocycles. The molecule has 1 aromatic heterocycles. The number of hydrazone groups is 1. The molecule has 1 heterocycles. The fraction of sp³-hybridized carbons (Fsp3) is 0.0417. The third-order valence-electron chi connectivity index (χ3n) is 4.44. The molecule has 4 aromatic rings. The summed E-state index contributed by atoms with van der Waals surface area (Å²) in [5.41, 5.74) is 5.92. The Labute approximate surface area is 184 Å². The topological polar surface area (TPSA) is 68.5 Å². The molecule has 0 saturated carbocycles. The number of amides is 1. The number of carbonyl (C=O) groups is 1. The van der Waals surface area contributed by atoms with Crippen molar-refractivity contribution in [3.05, 3.63) is 102 Å². The van der Waals surface area contributed by atoms with Crippen molar-refractivity contribution in [3.8, 4) is 22.7 Å². The van der Waals surface area contributed by atoms with Crippen LogP contribution in [-0.4, -0.2) is 28.5 Å². The Morgan fingerprint density at radius 2 is 1.74 bits per heavy atom. The number of ether oxygens (including phenoxy) is 1. The van der Waals surface area contributed by atoms with E-state index >= 15 is 0 Å². The number of hydrogen-bond donors (Lipinski definition) is 1. The first kappa shape index (κ1) is 20.4. The van der Waals surface area contributed by atoms with Gasteiger partial charge in [0.05, 0.1) is 23.8 Å². The standard InChI is InChI=1S/C24H19ClN4O2/c25-19-12-10-18(11-13-19)16-26-28-24(30)17-31-23-9-5-4-8-21(23)22-14-15-27-29(22)20-6-2-1-3-7-20/h1-16H,17H2,(H,28,30)/b26-16+. The maximum atomic E-state index is 12.2. The second kappa shape index (κ2) is 9.73. The number of para-hydroxylation sites is 2. The lowest BCUT2D eigenvalue weighted by atomic mass is 10.1. The number of rotatable bonds is 7. The summed E-state index contributed by atoms with van der Waals surface area (Å²) in [4.78, 5) is 12.2. The van der Waals surface area contributed by atoms with Crippen LogP contribution >= 0.6 is 11.6 Å².